The number of halogens is 1. The summed E-state index contributed by atoms with van der Waals surface area (Å²) in [6, 6.07) is 15.6. The second-order valence-corrected chi connectivity index (χ2v) is 9.78. The number of nitrogens with zero attached hydrogens (tertiary/aromatic N) is 2. The van der Waals surface area contributed by atoms with Crippen LogP contribution < -0.4 is 4.90 Å². The molecule has 0 saturated carbocycles. The summed E-state index contributed by atoms with van der Waals surface area (Å²) in [7, 11) is 0. The van der Waals surface area contributed by atoms with Crippen LogP contribution in [0.5, 0.6) is 0 Å². The molecule has 2 aliphatic heterocycles. The molecular formula is C26H29ClN2O3. The van der Waals surface area contributed by atoms with Gasteiger partial charge in [-0.3, -0.25) is 4.90 Å². The van der Waals surface area contributed by atoms with E-state index >= 15 is 0 Å². The van der Waals surface area contributed by atoms with Crippen LogP contribution in [0.4, 0.5) is 5.69 Å². The van der Waals surface area contributed by atoms with E-state index in [1.807, 2.05) is 24.3 Å². The van der Waals surface area contributed by atoms with Gasteiger partial charge >= 0.3 is 5.97 Å². The summed E-state index contributed by atoms with van der Waals surface area (Å²) >= 11 is 6.15. The molecule has 2 aromatic carbocycles. The van der Waals surface area contributed by atoms with Crippen molar-refractivity contribution in [2.75, 3.05) is 50.8 Å². The van der Waals surface area contributed by atoms with E-state index in [0.717, 1.165) is 69.5 Å². The number of allylic oxidation sites excluding steroid dienone is 1. The van der Waals surface area contributed by atoms with Gasteiger partial charge in [0.25, 0.3) is 0 Å². The molecule has 0 amide bonds. The van der Waals surface area contributed by atoms with Gasteiger partial charge in [-0.1, -0.05) is 41.4 Å². The second-order valence-electron chi connectivity index (χ2n) is 9.34. The topological polar surface area (TPSA) is 53.0 Å². The van der Waals surface area contributed by atoms with Gasteiger partial charge in [0.15, 0.2) is 0 Å². The molecule has 1 N–H and O–H groups in total. The minimum Gasteiger partial charge on any atom is -0.478 e. The standard InChI is InChI=1S/C26H29ClN2O3/c27-21-7-5-19(6-8-21)23-15-26(17-32-18-26)10-9-20(23)16-28-11-13-29(14-12-28)24-4-2-1-3-22(24)25(30)31/h1-8H,9-18H2,(H,30,31). The van der Waals surface area contributed by atoms with Crippen molar-refractivity contribution < 1.29 is 14.6 Å². The Labute approximate surface area is 194 Å². The Morgan fingerprint density at radius 3 is 2.41 bits per heavy atom. The Balaban J connectivity index is 1.31. The molecule has 5 rings (SSSR count). The molecule has 3 aliphatic rings. The molecule has 0 radical (unpaired) electrons. The number of carbonyl (C=O) groups is 1. The zero-order chi connectivity index (χ0) is 22.1. The summed E-state index contributed by atoms with van der Waals surface area (Å²) < 4.78 is 5.58. The average Bonchev–Trinajstić information content (AvgIpc) is 2.79. The lowest BCUT2D eigenvalue weighted by molar-refractivity contribution is -0.116. The molecule has 0 unspecified atom stereocenters. The van der Waals surface area contributed by atoms with E-state index in [1.165, 1.54) is 23.1 Å². The van der Waals surface area contributed by atoms with Crippen molar-refractivity contribution in [3.05, 3.63) is 70.3 Å². The van der Waals surface area contributed by atoms with Gasteiger partial charge in [-0.15, -0.1) is 0 Å². The Hall–Kier alpha value is -2.34. The van der Waals surface area contributed by atoms with Crippen LogP contribution >= 0.6 is 11.6 Å². The monoisotopic (exact) mass is 452 g/mol. The smallest absolute Gasteiger partial charge is 0.337 e. The summed E-state index contributed by atoms with van der Waals surface area (Å²) in [4.78, 5) is 16.3. The van der Waals surface area contributed by atoms with Gasteiger partial charge < -0.3 is 14.7 Å². The molecule has 5 nitrogen and oxygen atoms in total. The number of hydrogen-bond donors (Lipinski definition) is 1. The van der Waals surface area contributed by atoms with Gasteiger partial charge in [0.1, 0.15) is 0 Å². The van der Waals surface area contributed by atoms with Crippen molar-refractivity contribution >= 4 is 28.8 Å². The van der Waals surface area contributed by atoms with Crippen LogP contribution in [-0.2, 0) is 4.74 Å². The Morgan fingerprint density at radius 2 is 1.75 bits per heavy atom. The van der Waals surface area contributed by atoms with Gasteiger partial charge in [0.05, 0.1) is 24.5 Å². The van der Waals surface area contributed by atoms with E-state index in [-0.39, 0.29) is 0 Å². The number of anilines is 1. The summed E-state index contributed by atoms with van der Waals surface area (Å²) in [5.41, 5.74) is 5.81. The molecular weight excluding hydrogens is 424 g/mol. The van der Waals surface area contributed by atoms with Crippen LogP contribution in [0.25, 0.3) is 5.57 Å². The SMILES string of the molecule is O=C(O)c1ccccc1N1CCN(CC2=C(c3ccc(Cl)cc3)CC3(CC2)COC3)CC1. The molecule has 0 aromatic heterocycles. The van der Waals surface area contributed by atoms with E-state index in [9.17, 15) is 9.90 Å². The van der Waals surface area contributed by atoms with E-state index < -0.39 is 5.97 Å². The molecule has 2 saturated heterocycles. The number of carboxylic acids is 1. The lowest BCUT2D eigenvalue weighted by Gasteiger charge is -2.46. The van der Waals surface area contributed by atoms with Crippen molar-refractivity contribution in [2.24, 2.45) is 5.41 Å². The molecule has 32 heavy (non-hydrogen) atoms. The fraction of sp³-hybridized carbons (Fsp3) is 0.423. The molecule has 2 heterocycles. The number of rotatable bonds is 5. The van der Waals surface area contributed by atoms with Crippen LogP contribution in [-0.4, -0.2) is 61.9 Å². The van der Waals surface area contributed by atoms with Crippen LogP contribution in [0.15, 0.2) is 54.1 Å². The Morgan fingerprint density at radius 1 is 1.03 bits per heavy atom. The second kappa shape index (κ2) is 8.89. The highest BCUT2D eigenvalue weighted by Gasteiger charge is 2.42. The van der Waals surface area contributed by atoms with Crippen molar-refractivity contribution in [3.63, 3.8) is 0 Å². The summed E-state index contributed by atoms with van der Waals surface area (Å²) in [5, 5.41) is 10.3. The number of para-hydroxylation sites is 1. The van der Waals surface area contributed by atoms with Crippen molar-refractivity contribution in [1.82, 2.24) is 4.90 Å². The number of carboxylic acid groups (broad SMARTS) is 1. The summed E-state index contributed by atoms with van der Waals surface area (Å²) in [6.07, 6.45) is 3.39. The largest absolute Gasteiger partial charge is 0.478 e. The van der Waals surface area contributed by atoms with Crippen LogP contribution in [0, 0.1) is 5.41 Å². The van der Waals surface area contributed by atoms with Crippen molar-refractivity contribution in [3.8, 4) is 0 Å². The molecule has 1 aliphatic carbocycles. The Bertz CT molecular complexity index is 1020. The Kier molecular flexibility index (Phi) is 5.97. The fourth-order valence-electron chi connectivity index (χ4n) is 5.27. The quantitative estimate of drug-likeness (QED) is 0.705. The number of ether oxygens (including phenoxy) is 1. The third kappa shape index (κ3) is 4.29. The van der Waals surface area contributed by atoms with Crippen LogP contribution in [0.2, 0.25) is 5.02 Å². The van der Waals surface area contributed by atoms with Crippen LogP contribution in [0.1, 0.15) is 35.2 Å². The third-order valence-corrected chi connectivity index (χ3v) is 7.46. The first-order valence-electron chi connectivity index (χ1n) is 11.4. The van der Waals surface area contributed by atoms with E-state index in [4.69, 9.17) is 16.3 Å². The summed E-state index contributed by atoms with van der Waals surface area (Å²) in [6.45, 7) is 6.26. The van der Waals surface area contributed by atoms with E-state index in [2.05, 4.69) is 21.9 Å². The van der Waals surface area contributed by atoms with Crippen molar-refractivity contribution in [2.45, 2.75) is 19.3 Å². The molecule has 0 bridgehead atoms. The lowest BCUT2D eigenvalue weighted by Crippen LogP contribution is -2.48. The van der Waals surface area contributed by atoms with E-state index in [0.29, 0.717) is 11.0 Å². The normalized spacial score (nSPS) is 21.0. The number of piperazine rings is 1. The van der Waals surface area contributed by atoms with Crippen LogP contribution in [0.3, 0.4) is 0 Å². The molecule has 168 valence electrons. The van der Waals surface area contributed by atoms with Gasteiger partial charge in [0, 0.05) is 43.2 Å². The first-order chi connectivity index (χ1) is 15.5. The first kappa shape index (κ1) is 21.5. The molecule has 2 aromatic rings. The minimum absolute atomic E-state index is 0.317. The predicted molar refractivity (Wildman–Crippen MR) is 128 cm³/mol. The number of benzene rings is 2. The van der Waals surface area contributed by atoms with E-state index in [1.54, 1.807) is 12.1 Å². The average molecular weight is 453 g/mol. The predicted octanol–water partition coefficient (Wildman–Crippen LogP) is 4.81. The van der Waals surface area contributed by atoms with Gasteiger partial charge in [0.2, 0.25) is 0 Å². The molecule has 2 fully saturated rings. The molecule has 1 spiro atoms. The highest BCUT2D eigenvalue weighted by atomic mass is 35.5. The zero-order valence-corrected chi connectivity index (χ0v) is 19.0. The van der Waals surface area contributed by atoms with Gasteiger partial charge in [-0.25, -0.2) is 4.79 Å². The lowest BCUT2D eigenvalue weighted by atomic mass is 9.69. The highest BCUT2D eigenvalue weighted by molar-refractivity contribution is 6.30. The fourth-order valence-corrected chi connectivity index (χ4v) is 5.40. The van der Waals surface area contributed by atoms with Gasteiger partial charge in [-0.2, -0.15) is 0 Å². The maximum absolute atomic E-state index is 11.6. The minimum atomic E-state index is -0.864. The highest BCUT2D eigenvalue weighted by Crippen LogP contribution is 2.48. The van der Waals surface area contributed by atoms with Gasteiger partial charge in [-0.05, 0) is 54.7 Å². The zero-order valence-electron chi connectivity index (χ0n) is 18.2. The third-order valence-electron chi connectivity index (χ3n) is 7.21. The summed E-state index contributed by atoms with van der Waals surface area (Å²) in [5.74, 6) is -0.864. The number of aromatic carboxylic acids is 1. The first-order valence-corrected chi connectivity index (χ1v) is 11.8. The van der Waals surface area contributed by atoms with Crippen molar-refractivity contribution in [1.29, 1.82) is 0 Å². The maximum atomic E-state index is 11.6. The molecule has 6 heteroatoms. The maximum Gasteiger partial charge on any atom is 0.337 e. The molecule has 0 atom stereocenters. The number of hydrogen-bond acceptors (Lipinski definition) is 4.